The second kappa shape index (κ2) is 7.69. The number of hydrogen-bond donors (Lipinski definition) is 1. The van der Waals surface area contributed by atoms with Gasteiger partial charge in [-0.05, 0) is 12.5 Å². The van der Waals surface area contributed by atoms with E-state index in [1.54, 1.807) is 7.11 Å². The highest BCUT2D eigenvalue weighted by Gasteiger charge is 2.27. The SMILES string of the molecule is CCCCC(OC)C(C)(C)/C=C(\CC)ON. The van der Waals surface area contributed by atoms with Crippen molar-refractivity contribution in [2.45, 2.75) is 59.5 Å². The van der Waals surface area contributed by atoms with Crippen molar-refractivity contribution in [3.8, 4) is 0 Å². The Hall–Kier alpha value is -0.540. The minimum atomic E-state index is -0.0470. The van der Waals surface area contributed by atoms with Crippen molar-refractivity contribution < 1.29 is 9.57 Å². The van der Waals surface area contributed by atoms with Crippen LogP contribution in [0.5, 0.6) is 0 Å². The first-order chi connectivity index (χ1) is 7.51. The maximum Gasteiger partial charge on any atom is 0.120 e. The third kappa shape index (κ3) is 4.99. The Morgan fingerprint density at radius 3 is 2.38 bits per heavy atom. The highest BCUT2D eigenvalue weighted by molar-refractivity contribution is 5.04. The van der Waals surface area contributed by atoms with Gasteiger partial charge < -0.3 is 9.57 Å². The molecule has 0 heterocycles. The first-order valence-electron chi connectivity index (χ1n) is 6.13. The van der Waals surface area contributed by atoms with Gasteiger partial charge >= 0.3 is 0 Å². The Balaban J connectivity index is 4.63. The summed E-state index contributed by atoms with van der Waals surface area (Å²) < 4.78 is 5.57. The Bertz CT molecular complexity index is 206. The standard InChI is InChI=1S/C13H27NO2/c1-6-8-9-12(15-5)13(3,4)10-11(7-2)16-14/h10,12H,6-9,14H2,1-5H3/b11-10+. The minimum absolute atomic E-state index is 0.0470. The van der Waals surface area contributed by atoms with Crippen molar-refractivity contribution in [3.63, 3.8) is 0 Å². The molecule has 16 heavy (non-hydrogen) atoms. The van der Waals surface area contributed by atoms with Gasteiger partial charge in [-0.3, -0.25) is 0 Å². The van der Waals surface area contributed by atoms with Crippen LogP contribution < -0.4 is 5.90 Å². The van der Waals surface area contributed by atoms with Gasteiger partial charge in [0, 0.05) is 18.9 Å². The summed E-state index contributed by atoms with van der Waals surface area (Å²) >= 11 is 0. The van der Waals surface area contributed by atoms with E-state index in [1.807, 2.05) is 6.92 Å². The first-order valence-corrected chi connectivity index (χ1v) is 6.13. The summed E-state index contributed by atoms with van der Waals surface area (Å²) in [6, 6.07) is 0. The van der Waals surface area contributed by atoms with E-state index in [0.29, 0.717) is 0 Å². The lowest BCUT2D eigenvalue weighted by atomic mass is 9.83. The molecule has 0 aliphatic carbocycles. The van der Waals surface area contributed by atoms with E-state index in [1.165, 1.54) is 12.8 Å². The molecule has 0 rings (SSSR count). The van der Waals surface area contributed by atoms with Crippen molar-refractivity contribution in [2.75, 3.05) is 7.11 Å². The van der Waals surface area contributed by atoms with Gasteiger partial charge in [0.15, 0.2) is 0 Å². The molecule has 0 saturated carbocycles. The van der Waals surface area contributed by atoms with E-state index in [2.05, 4.69) is 26.8 Å². The van der Waals surface area contributed by atoms with Gasteiger partial charge in [-0.2, -0.15) is 5.90 Å². The molecule has 0 aromatic rings. The minimum Gasteiger partial charge on any atom is -0.416 e. The molecule has 0 aromatic carbocycles. The fourth-order valence-electron chi connectivity index (χ4n) is 1.91. The molecule has 0 aliphatic heterocycles. The Kier molecular flexibility index (Phi) is 7.43. The van der Waals surface area contributed by atoms with Gasteiger partial charge in [-0.15, -0.1) is 0 Å². The van der Waals surface area contributed by atoms with Crippen molar-refractivity contribution in [2.24, 2.45) is 11.3 Å². The quantitative estimate of drug-likeness (QED) is 0.512. The summed E-state index contributed by atoms with van der Waals surface area (Å²) in [5.41, 5.74) is -0.0470. The van der Waals surface area contributed by atoms with Gasteiger partial charge in [-0.25, -0.2) is 0 Å². The van der Waals surface area contributed by atoms with Crippen LogP contribution in [0.3, 0.4) is 0 Å². The van der Waals surface area contributed by atoms with Gasteiger partial charge in [0.1, 0.15) is 5.76 Å². The summed E-state index contributed by atoms with van der Waals surface area (Å²) in [7, 11) is 1.77. The van der Waals surface area contributed by atoms with Crippen LogP contribution in [0.4, 0.5) is 0 Å². The molecule has 0 amide bonds. The van der Waals surface area contributed by atoms with Gasteiger partial charge in [0.05, 0.1) is 6.10 Å². The lowest BCUT2D eigenvalue weighted by Crippen LogP contribution is -2.30. The zero-order valence-corrected chi connectivity index (χ0v) is 11.4. The highest BCUT2D eigenvalue weighted by atomic mass is 16.6. The molecule has 0 radical (unpaired) electrons. The Labute approximate surface area is 99.9 Å². The van der Waals surface area contributed by atoms with Gasteiger partial charge in [0.25, 0.3) is 0 Å². The molecule has 0 aliphatic rings. The molecule has 1 unspecified atom stereocenters. The molecule has 3 nitrogen and oxygen atoms in total. The predicted molar refractivity (Wildman–Crippen MR) is 67.7 cm³/mol. The third-order valence-corrected chi connectivity index (χ3v) is 2.97. The predicted octanol–water partition coefficient (Wildman–Crippen LogP) is 3.40. The van der Waals surface area contributed by atoms with Crippen LogP contribution >= 0.6 is 0 Å². The summed E-state index contributed by atoms with van der Waals surface area (Å²) in [6.07, 6.45) is 6.54. The molecule has 1 atom stereocenters. The van der Waals surface area contributed by atoms with Crippen molar-refractivity contribution in [1.29, 1.82) is 0 Å². The van der Waals surface area contributed by atoms with Gasteiger partial charge in [-0.1, -0.05) is 40.5 Å². The van der Waals surface area contributed by atoms with E-state index in [9.17, 15) is 0 Å². The van der Waals surface area contributed by atoms with Crippen molar-refractivity contribution >= 4 is 0 Å². The molecular formula is C13H27NO2. The monoisotopic (exact) mass is 229 g/mol. The first kappa shape index (κ1) is 15.5. The molecular weight excluding hydrogens is 202 g/mol. The molecule has 3 heteroatoms. The molecule has 0 spiro atoms. The summed E-state index contributed by atoms with van der Waals surface area (Å²) in [4.78, 5) is 4.84. The largest absolute Gasteiger partial charge is 0.416 e. The van der Waals surface area contributed by atoms with Gasteiger partial charge in [0.2, 0.25) is 0 Å². The Morgan fingerprint density at radius 1 is 1.38 bits per heavy atom. The van der Waals surface area contributed by atoms with Crippen LogP contribution in [0.25, 0.3) is 0 Å². The number of rotatable bonds is 8. The van der Waals surface area contributed by atoms with E-state index in [4.69, 9.17) is 15.5 Å². The zero-order chi connectivity index (χ0) is 12.6. The van der Waals surface area contributed by atoms with Crippen LogP contribution in [0.2, 0.25) is 0 Å². The number of allylic oxidation sites excluding steroid dienone is 1. The van der Waals surface area contributed by atoms with Crippen LogP contribution in [0, 0.1) is 5.41 Å². The number of methoxy groups -OCH3 is 1. The Morgan fingerprint density at radius 2 is 2.00 bits per heavy atom. The van der Waals surface area contributed by atoms with Crippen molar-refractivity contribution in [3.05, 3.63) is 11.8 Å². The van der Waals surface area contributed by atoms with Crippen molar-refractivity contribution in [1.82, 2.24) is 0 Å². The molecule has 96 valence electrons. The molecule has 0 fully saturated rings. The molecule has 0 saturated heterocycles. The average Bonchev–Trinajstić information content (AvgIpc) is 2.26. The van der Waals surface area contributed by atoms with Crippen LogP contribution in [0.15, 0.2) is 11.8 Å². The number of hydrogen-bond acceptors (Lipinski definition) is 3. The van der Waals surface area contributed by atoms with Crippen LogP contribution in [-0.4, -0.2) is 13.2 Å². The normalized spacial score (nSPS) is 15.0. The fourth-order valence-corrected chi connectivity index (χ4v) is 1.91. The van der Waals surface area contributed by atoms with E-state index in [0.717, 1.165) is 18.6 Å². The lowest BCUT2D eigenvalue weighted by Gasteiger charge is -2.31. The highest BCUT2D eigenvalue weighted by Crippen LogP contribution is 2.30. The summed E-state index contributed by atoms with van der Waals surface area (Å²) in [5, 5.41) is 0. The summed E-state index contributed by atoms with van der Waals surface area (Å²) in [5.74, 6) is 6.05. The van der Waals surface area contributed by atoms with E-state index >= 15 is 0 Å². The zero-order valence-electron chi connectivity index (χ0n) is 11.4. The summed E-state index contributed by atoms with van der Waals surface area (Å²) in [6.45, 7) is 8.54. The second-order valence-corrected chi connectivity index (χ2v) is 4.77. The van der Waals surface area contributed by atoms with E-state index < -0.39 is 0 Å². The molecule has 0 aromatic heterocycles. The third-order valence-electron chi connectivity index (χ3n) is 2.97. The number of unbranched alkanes of at least 4 members (excludes halogenated alkanes) is 1. The fraction of sp³-hybridized carbons (Fsp3) is 0.846. The van der Waals surface area contributed by atoms with E-state index in [-0.39, 0.29) is 11.5 Å². The maximum absolute atomic E-state index is 5.57. The van der Waals surface area contributed by atoms with Crippen LogP contribution in [-0.2, 0) is 9.57 Å². The average molecular weight is 229 g/mol. The number of nitrogens with two attached hydrogens (primary N) is 1. The smallest absolute Gasteiger partial charge is 0.120 e. The second-order valence-electron chi connectivity index (χ2n) is 4.77. The number of ether oxygens (including phenoxy) is 1. The molecule has 2 N–H and O–H groups in total. The topological polar surface area (TPSA) is 44.5 Å². The maximum atomic E-state index is 5.57. The lowest BCUT2D eigenvalue weighted by molar-refractivity contribution is 0.0210. The van der Waals surface area contributed by atoms with Crippen LogP contribution in [0.1, 0.15) is 53.4 Å². The molecule has 0 bridgehead atoms.